The maximum Gasteiger partial charge on any atom is 0.490 e. The van der Waals surface area contributed by atoms with Crippen LogP contribution in [-0.2, 0) is 4.79 Å². The first-order valence-electron chi connectivity index (χ1n) is 9.61. The molecule has 1 aliphatic rings. The lowest BCUT2D eigenvalue weighted by atomic mass is 9.82. The molecular weight excluding hydrogens is 433 g/mol. The number of halogens is 3. The predicted octanol–water partition coefficient (Wildman–Crippen LogP) is 3.79. The van der Waals surface area contributed by atoms with Crippen molar-refractivity contribution < 1.29 is 37.7 Å². The average Bonchev–Trinajstić information content (AvgIpc) is 3.22. The molecule has 9 nitrogen and oxygen atoms in total. The highest BCUT2D eigenvalue weighted by atomic mass is 19.4. The number of aromatic amines is 1. The van der Waals surface area contributed by atoms with E-state index >= 15 is 0 Å². The first-order valence-corrected chi connectivity index (χ1v) is 9.61. The van der Waals surface area contributed by atoms with Gasteiger partial charge in [-0.2, -0.15) is 13.2 Å². The Hall–Kier alpha value is -3.70. The minimum atomic E-state index is -5.08. The molecule has 12 heteroatoms. The summed E-state index contributed by atoms with van der Waals surface area (Å²) in [7, 11) is 0. The summed E-state index contributed by atoms with van der Waals surface area (Å²) in [5.41, 5.74) is 2.24. The third-order valence-electron chi connectivity index (χ3n) is 5.02. The van der Waals surface area contributed by atoms with Gasteiger partial charge in [-0.05, 0) is 55.4 Å². The van der Waals surface area contributed by atoms with Gasteiger partial charge in [-0.3, -0.25) is 4.98 Å². The number of H-pyrrole nitrogens is 1. The number of carboxylic acid groups (broad SMARTS) is 2. The number of fused-ring (bicyclic) bond motifs is 1. The molecule has 0 amide bonds. The molecular formula is C20H19F3N4O5. The lowest BCUT2D eigenvalue weighted by molar-refractivity contribution is -0.192. The molecule has 1 aromatic carbocycles. The molecule has 0 bridgehead atoms. The molecule has 1 fully saturated rings. The number of aromatic carboxylic acids is 1. The summed E-state index contributed by atoms with van der Waals surface area (Å²) >= 11 is 0. The van der Waals surface area contributed by atoms with Crippen LogP contribution in [0, 0.1) is 0 Å². The fourth-order valence-corrected chi connectivity index (χ4v) is 3.46. The van der Waals surface area contributed by atoms with Crippen LogP contribution in [0.1, 0.15) is 47.7 Å². The Bertz CT molecular complexity index is 1090. The largest absolute Gasteiger partial charge is 0.490 e. The summed E-state index contributed by atoms with van der Waals surface area (Å²) in [4.78, 5) is 24.3. The second-order valence-electron chi connectivity index (χ2n) is 7.15. The van der Waals surface area contributed by atoms with Gasteiger partial charge in [-0.25, -0.2) is 14.7 Å². The van der Waals surface area contributed by atoms with Gasteiger partial charge in [0.25, 0.3) is 5.88 Å². The number of aromatic nitrogens is 4. The Kier molecular flexibility index (Phi) is 6.91. The molecule has 3 N–H and O–H groups in total. The predicted molar refractivity (Wildman–Crippen MR) is 104 cm³/mol. The number of nitrogens with one attached hydrogen (secondary N) is 1. The number of carbonyl (C=O) groups is 2. The SMILES string of the molecule is O=C(O)C(F)(F)F.O=C(O)c1[nH]nnc1O[C@H]1CC[C@H](c2ccc3ncccc3c2)CC1. The maximum absolute atomic E-state index is 11.1. The molecule has 4 rings (SSSR count). The quantitative estimate of drug-likeness (QED) is 0.544. The lowest BCUT2D eigenvalue weighted by Gasteiger charge is -2.28. The van der Waals surface area contributed by atoms with E-state index in [9.17, 15) is 18.0 Å². The smallest absolute Gasteiger partial charge is 0.476 e. The minimum Gasteiger partial charge on any atom is -0.476 e. The molecule has 0 spiro atoms. The number of ether oxygens (including phenoxy) is 1. The monoisotopic (exact) mass is 452 g/mol. The van der Waals surface area contributed by atoms with E-state index < -0.39 is 18.1 Å². The second-order valence-corrected chi connectivity index (χ2v) is 7.15. The molecule has 170 valence electrons. The zero-order valence-corrected chi connectivity index (χ0v) is 16.5. The summed E-state index contributed by atoms with van der Waals surface area (Å²) in [6.07, 6.45) is 0.415. The molecule has 0 saturated heterocycles. The van der Waals surface area contributed by atoms with Crippen molar-refractivity contribution in [1.82, 2.24) is 20.4 Å². The number of alkyl halides is 3. The first-order chi connectivity index (χ1) is 15.1. The van der Waals surface area contributed by atoms with Gasteiger partial charge in [0.1, 0.15) is 6.10 Å². The van der Waals surface area contributed by atoms with Crippen molar-refractivity contribution in [3.8, 4) is 5.88 Å². The van der Waals surface area contributed by atoms with Crippen LogP contribution >= 0.6 is 0 Å². The topological polar surface area (TPSA) is 138 Å². The zero-order valence-electron chi connectivity index (χ0n) is 16.5. The molecule has 2 aromatic heterocycles. The standard InChI is InChI=1S/C18H18N4O3.C2HF3O2/c23-18(24)16-17(21-22-20-16)25-14-6-3-11(4-7-14)12-5-8-15-13(10-12)2-1-9-19-15;3-2(4,5)1(6)7/h1-2,5,8-11,14H,3-4,6-7H2,(H,23,24)(H,20,21,22);(H,6,7)/t11-,14-;. The Balaban J connectivity index is 0.000000360. The van der Waals surface area contributed by atoms with Crippen LogP contribution in [0.3, 0.4) is 0 Å². The van der Waals surface area contributed by atoms with E-state index in [1.165, 1.54) is 5.56 Å². The van der Waals surface area contributed by atoms with Crippen LogP contribution in [0.5, 0.6) is 5.88 Å². The van der Waals surface area contributed by atoms with Crippen LogP contribution in [0.15, 0.2) is 36.5 Å². The summed E-state index contributed by atoms with van der Waals surface area (Å²) in [6.45, 7) is 0. The summed E-state index contributed by atoms with van der Waals surface area (Å²) in [6, 6.07) is 10.5. The summed E-state index contributed by atoms with van der Waals surface area (Å²) in [5.74, 6) is -3.31. The van der Waals surface area contributed by atoms with Gasteiger partial charge in [0.15, 0.2) is 0 Å². The van der Waals surface area contributed by atoms with Gasteiger partial charge in [0.2, 0.25) is 5.69 Å². The van der Waals surface area contributed by atoms with E-state index in [-0.39, 0.29) is 17.7 Å². The molecule has 1 aliphatic carbocycles. The molecule has 2 heterocycles. The minimum absolute atomic E-state index is 0.0263. The Morgan fingerprint density at radius 3 is 2.41 bits per heavy atom. The molecule has 0 radical (unpaired) electrons. The maximum atomic E-state index is 11.1. The number of nitrogens with zero attached hydrogens (tertiary/aromatic N) is 3. The van der Waals surface area contributed by atoms with Crippen molar-refractivity contribution in [3.05, 3.63) is 47.8 Å². The third-order valence-corrected chi connectivity index (χ3v) is 5.02. The van der Waals surface area contributed by atoms with Crippen molar-refractivity contribution in [2.75, 3.05) is 0 Å². The van der Waals surface area contributed by atoms with E-state index in [2.05, 4.69) is 44.7 Å². The summed E-state index contributed by atoms with van der Waals surface area (Å²) in [5, 5.41) is 26.9. The number of carboxylic acids is 2. The number of rotatable bonds is 4. The van der Waals surface area contributed by atoms with Crippen molar-refractivity contribution in [3.63, 3.8) is 0 Å². The number of aliphatic carboxylic acids is 1. The van der Waals surface area contributed by atoms with Gasteiger partial charge >= 0.3 is 18.1 Å². The average molecular weight is 452 g/mol. The van der Waals surface area contributed by atoms with E-state index in [0.717, 1.165) is 36.6 Å². The van der Waals surface area contributed by atoms with Crippen LogP contribution in [0.2, 0.25) is 0 Å². The van der Waals surface area contributed by atoms with Crippen molar-refractivity contribution >= 4 is 22.8 Å². The lowest BCUT2D eigenvalue weighted by Crippen LogP contribution is -2.24. The third kappa shape index (κ3) is 5.71. The fraction of sp³-hybridized carbons (Fsp3) is 0.350. The van der Waals surface area contributed by atoms with Gasteiger partial charge in [0, 0.05) is 11.6 Å². The van der Waals surface area contributed by atoms with Crippen LogP contribution in [-0.4, -0.2) is 54.8 Å². The normalized spacial score (nSPS) is 18.5. The second kappa shape index (κ2) is 9.62. The van der Waals surface area contributed by atoms with E-state index in [0.29, 0.717) is 5.92 Å². The van der Waals surface area contributed by atoms with E-state index in [1.54, 1.807) is 6.20 Å². The van der Waals surface area contributed by atoms with Gasteiger partial charge in [0.05, 0.1) is 5.52 Å². The summed E-state index contributed by atoms with van der Waals surface area (Å²) < 4.78 is 37.5. The van der Waals surface area contributed by atoms with Crippen molar-refractivity contribution in [2.45, 2.75) is 43.9 Å². The van der Waals surface area contributed by atoms with E-state index in [4.69, 9.17) is 19.7 Å². The van der Waals surface area contributed by atoms with Gasteiger partial charge in [-0.15, -0.1) is 0 Å². The Labute approximate surface area is 179 Å². The number of pyridine rings is 1. The highest BCUT2D eigenvalue weighted by molar-refractivity contribution is 5.87. The Morgan fingerprint density at radius 1 is 1.09 bits per heavy atom. The Morgan fingerprint density at radius 2 is 1.78 bits per heavy atom. The molecule has 0 atom stereocenters. The number of benzene rings is 1. The van der Waals surface area contributed by atoms with Gasteiger partial charge < -0.3 is 14.9 Å². The van der Waals surface area contributed by atoms with Crippen LogP contribution in [0.25, 0.3) is 10.9 Å². The van der Waals surface area contributed by atoms with Crippen LogP contribution < -0.4 is 4.74 Å². The van der Waals surface area contributed by atoms with E-state index in [1.807, 2.05) is 6.07 Å². The molecule has 0 unspecified atom stereocenters. The highest BCUT2D eigenvalue weighted by Gasteiger charge is 2.38. The fourth-order valence-electron chi connectivity index (χ4n) is 3.46. The van der Waals surface area contributed by atoms with Crippen molar-refractivity contribution in [1.29, 1.82) is 0 Å². The number of hydrogen-bond donors (Lipinski definition) is 3. The van der Waals surface area contributed by atoms with Crippen LogP contribution in [0.4, 0.5) is 13.2 Å². The zero-order chi connectivity index (χ0) is 23.3. The molecule has 32 heavy (non-hydrogen) atoms. The molecule has 0 aliphatic heterocycles. The first kappa shape index (κ1) is 23.0. The van der Waals surface area contributed by atoms with Crippen molar-refractivity contribution in [2.24, 2.45) is 0 Å². The molecule has 3 aromatic rings. The highest BCUT2D eigenvalue weighted by Crippen LogP contribution is 2.35. The molecule has 1 saturated carbocycles. The van der Waals surface area contributed by atoms with Gasteiger partial charge in [-0.1, -0.05) is 22.4 Å². The number of hydrogen-bond acceptors (Lipinski definition) is 6.